The van der Waals surface area contributed by atoms with Gasteiger partial charge in [0.15, 0.2) is 12.5 Å². The monoisotopic (exact) mass is 427 g/mol. The van der Waals surface area contributed by atoms with E-state index >= 15 is 0 Å². The molecule has 0 radical (unpaired) electrons. The predicted molar refractivity (Wildman–Crippen MR) is 115 cm³/mol. The van der Waals surface area contributed by atoms with Gasteiger partial charge in [-0.2, -0.15) is 0 Å². The number of quaternary nitrogens is 1. The van der Waals surface area contributed by atoms with E-state index in [2.05, 4.69) is 11.8 Å². The van der Waals surface area contributed by atoms with Crippen molar-refractivity contribution >= 4 is 29.3 Å². The third kappa shape index (κ3) is 4.21. The fraction of sp³-hybridized carbons (Fsp3) is 0.565. The van der Waals surface area contributed by atoms with Gasteiger partial charge < -0.3 is 9.80 Å². The van der Waals surface area contributed by atoms with E-state index in [0.29, 0.717) is 5.56 Å². The van der Waals surface area contributed by atoms with Crippen molar-refractivity contribution in [2.75, 3.05) is 37.7 Å². The zero-order valence-electron chi connectivity index (χ0n) is 18.3. The van der Waals surface area contributed by atoms with Crippen LogP contribution in [0.15, 0.2) is 24.3 Å². The van der Waals surface area contributed by atoms with Crippen LogP contribution in [-0.4, -0.2) is 72.3 Å². The number of nitrogens with one attached hydrogen (secondary N) is 1. The topological polar surface area (TPSA) is 82.4 Å². The highest BCUT2D eigenvalue weighted by Gasteiger charge is 2.50. The highest BCUT2D eigenvalue weighted by atomic mass is 16.2. The van der Waals surface area contributed by atoms with E-state index < -0.39 is 17.8 Å². The van der Waals surface area contributed by atoms with E-state index in [0.717, 1.165) is 67.3 Å². The summed E-state index contributed by atoms with van der Waals surface area (Å²) in [6.45, 7) is 6.94. The van der Waals surface area contributed by atoms with Crippen molar-refractivity contribution in [1.29, 1.82) is 0 Å². The lowest BCUT2D eigenvalue weighted by Crippen LogP contribution is -3.16. The summed E-state index contributed by atoms with van der Waals surface area (Å²) in [7, 11) is 0. The summed E-state index contributed by atoms with van der Waals surface area (Å²) in [5.74, 6) is -1.06. The Hall–Kier alpha value is -2.74. The first-order valence-electron chi connectivity index (χ1n) is 11.3. The molecule has 1 aliphatic carbocycles. The summed E-state index contributed by atoms with van der Waals surface area (Å²) in [6.07, 6.45) is 3.86. The van der Waals surface area contributed by atoms with Gasteiger partial charge in [0.2, 0.25) is 0 Å². The number of anilines is 1. The maximum atomic E-state index is 13.0. The van der Waals surface area contributed by atoms with Gasteiger partial charge >= 0.3 is 17.8 Å². The normalized spacial score (nSPS) is 25.5. The van der Waals surface area contributed by atoms with Gasteiger partial charge in [0.25, 0.3) is 0 Å². The summed E-state index contributed by atoms with van der Waals surface area (Å²) in [6, 6.07) is 6.99. The Morgan fingerprint density at radius 2 is 1.65 bits per heavy atom. The molecule has 8 heteroatoms. The molecular formula is C23H31N4O4+. The van der Waals surface area contributed by atoms with Crippen LogP contribution in [0.4, 0.5) is 10.5 Å². The minimum absolute atomic E-state index is 0.0481. The number of hydrogen-bond acceptors (Lipinski definition) is 5. The summed E-state index contributed by atoms with van der Waals surface area (Å²) in [5, 5.41) is 0. The van der Waals surface area contributed by atoms with Crippen molar-refractivity contribution in [3.8, 4) is 0 Å². The summed E-state index contributed by atoms with van der Waals surface area (Å²) < 4.78 is 0. The molecule has 0 unspecified atom stereocenters. The molecule has 0 aromatic heterocycles. The largest absolute Gasteiger partial charge is 0.360 e. The summed E-state index contributed by atoms with van der Waals surface area (Å²) in [4.78, 5) is 55.4. The van der Waals surface area contributed by atoms with Gasteiger partial charge in [-0.15, -0.1) is 0 Å². The SMILES string of the molecule is CC(=O)c1ccc(N2CC[NH+](CN3C(=O)C(=O)N([C@@H]4CCCC[C@@H]4C)C3=O)CC2)cc1. The summed E-state index contributed by atoms with van der Waals surface area (Å²) >= 11 is 0. The molecule has 2 atom stereocenters. The molecule has 1 N–H and O–H groups in total. The van der Waals surface area contributed by atoms with Crippen LogP contribution in [-0.2, 0) is 9.59 Å². The number of amides is 4. The van der Waals surface area contributed by atoms with Crippen LogP contribution in [0, 0.1) is 5.92 Å². The van der Waals surface area contributed by atoms with Crippen molar-refractivity contribution in [3.63, 3.8) is 0 Å². The Kier molecular flexibility index (Phi) is 6.09. The fourth-order valence-electron chi connectivity index (χ4n) is 5.00. The second-order valence-electron chi connectivity index (χ2n) is 9.02. The highest BCUT2D eigenvalue weighted by Crippen LogP contribution is 2.31. The average molecular weight is 428 g/mol. The number of ketones is 1. The molecule has 3 fully saturated rings. The van der Waals surface area contributed by atoms with Crippen LogP contribution in [0.2, 0.25) is 0 Å². The lowest BCUT2D eigenvalue weighted by molar-refractivity contribution is -0.907. The first kappa shape index (κ1) is 21.5. The first-order valence-corrected chi connectivity index (χ1v) is 11.3. The Bertz CT molecular complexity index is 876. The Balaban J connectivity index is 1.35. The highest BCUT2D eigenvalue weighted by molar-refractivity contribution is 6.44. The quantitative estimate of drug-likeness (QED) is 0.429. The molecule has 4 amide bonds. The first-order chi connectivity index (χ1) is 14.9. The van der Waals surface area contributed by atoms with Crippen LogP contribution in [0.25, 0.3) is 0 Å². The molecule has 0 spiro atoms. The zero-order valence-corrected chi connectivity index (χ0v) is 18.3. The van der Waals surface area contributed by atoms with Crippen LogP contribution in [0.1, 0.15) is 49.9 Å². The van der Waals surface area contributed by atoms with E-state index in [1.165, 1.54) is 4.90 Å². The molecule has 0 bridgehead atoms. The second-order valence-corrected chi connectivity index (χ2v) is 9.02. The smallest absolute Gasteiger partial charge is 0.338 e. The minimum Gasteiger partial charge on any atom is -0.360 e. The molecule has 3 aliphatic rings. The maximum Gasteiger partial charge on any atom is 0.338 e. The standard InChI is InChI=1S/C23H30N4O4/c1-16-5-3-4-6-20(16)27-22(30)21(29)26(23(27)31)15-24-11-13-25(14-12-24)19-9-7-18(8-10-19)17(2)28/h7-10,16,20H,3-6,11-15H2,1-2H3/p+1/t16-,20+/m0/s1. The number of piperazine rings is 1. The summed E-state index contributed by atoms with van der Waals surface area (Å²) in [5.41, 5.74) is 1.76. The Morgan fingerprint density at radius 1 is 1.00 bits per heavy atom. The molecule has 1 aromatic carbocycles. The number of carbonyl (C=O) groups excluding carboxylic acids is 4. The van der Waals surface area contributed by atoms with Crippen molar-refractivity contribution in [1.82, 2.24) is 9.80 Å². The minimum atomic E-state index is -0.683. The zero-order chi connectivity index (χ0) is 22.1. The van der Waals surface area contributed by atoms with Gasteiger partial charge in [0, 0.05) is 17.3 Å². The van der Waals surface area contributed by atoms with Crippen LogP contribution in [0.5, 0.6) is 0 Å². The molecule has 1 aromatic rings. The Morgan fingerprint density at radius 3 is 2.26 bits per heavy atom. The lowest BCUT2D eigenvalue weighted by atomic mass is 9.85. The molecule has 2 heterocycles. The number of urea groups is 1. The molecule has 2 aliphatic heterocycles. The molecule has 31 heavy (non-hydrogen) atoms. The molecule has 1 saturated carbocycles. The molecule has 4 rings (SSSR count). The molecular weight excluding hydrogens is 396 g/mol. The van der Waals surface area contributed by atoms with Crippen molar-refractivity contribution in [2.24, 2.45) is 5.92 Å². The van der Waals surface area contributed by atoms with Gasteiger partial charge in [-0.3, -0.25) is 19.3 Å². The third-order valence-electron chi connectivity index (χ3n) is 6.97. The van der Waals surface area contributed by atoms with Crippen molar-refractivity contribution < 1.29 is 24.1 Å². The maximum absolute atomic E-state index is 13.0. The van der Waals surface area contributed by atoms with Gasteiger partial charge in [0.1, 0.15) is 0 Å². The van der Waals surface area contributed by atoms with E-state index in [4.69, 9.17) is 0 Å². The number of imide groups is 2. The third-order valence-corrected chi connectivity index (χ3v) is 6.97. The van der Waals surface area contributed by atoms with E-state index in [1.807, 2.05) is 24.3 Å². The fourth-order valence-corrected chi connectivity index (χ4v) is 5.00. The van der Waals surface area contributed by atoms with Gasteiger partial charge in [-0.1, -0.05) is 19.8 Å². The number of benzene rings is 1. The molecule has 166 valence electrons. The number of nitrogens with zero attached hydrogens (tertiary/aromatic N) is 3. The predicted octanol–water partition coefficient (Wildman–Crippen LogP) is 0.921. The van der Waals surface area contributed by atoms with Gasteiger partial charge in [-0.05, 0) is 49.9 Å². The molecule has 2 saturated heterocycles. The van der Waals surface area contributed by atoms with Crippen LogP contribution >= 0.6 is 0 Å². The average Bonchev–Trinajstić information content (AvgIpc) is 2.98. The Labute approximate surface area is 182 Å². The second kappa shape index (κ2) is 8.78. The number of hydrogen-bond donors (Lipinski definition) is 1. The van der Waals surface area contributed by atoms with Gasteiger partial charge in [0.05, 0.1) is 26.2 Å². The lowest BCUT2D eigenvalue weighted by Gasteiger charge is -2.35. The van der Waals surface area contributed by atoms with E-state index in [1.54, 1.807) is 6.92 Å². The number of carbonyl (C=O) groups is 4. The van der Waals surface area contributed by atoms with Crippen molar-refractivity contribution in [3.05, 3.63) is 29.8 Å². The van der Waals surface area contributed by atoms with E-state index in [-0.39, 0.29) is 24.4 Å². The number of rotatable bonds is 5. The molecule has 8 nitrogen and oxygen atoms in total. The van der Waals surface area contributed by atoms with Crippen LogP contribution < -0.4 is 9.80 Å². The van der Waals surface area contributed by atoms with Gasteiger partial charge in [-0.25, -0.2) is 9.69 Å². The van der Waals surface area contributed by atoms with Crippen molar-refractivity contribution in [2.45, 2.75) is 45.6 Å². The van der Waals surface area contributed by atoms with Crippen LogP contribution in [0.3, 0.4) is 0 Å². The number of Topliss-reactive ketones (excluding diaryl/α,β-unsaturated/α-hetero) is 1. The van der Waals surface area contributed by atoms with E-state index in [9.17, 15) is 19.2 Å².